The lowest BCUT2D eigenvalue weighted by atomic mass is 10.1. The summed E-state index contributed by atoms with van der Waals surface area (Å²) in [6.07, 6.45) is -0.694. The number of amides is 1. The van der Waals surface area contributed by atoms with E-state index in [0.29, 0.717) is 11.4 Å². The molecule has 7 heteroatoms. The minimum absolute atomic E-state index is 0.178. The molecule has 118 valence electrons. The van der Waals surface area contributed by atoms with E-state index >= 15 is 0 Å². The number of nitrogens with zero attached hydrogens (tertiary/aromatic N) is 2. The van der Waals surface area contributed by atoms with Crippen molar-refractivity contribution < 1.29 is 9.90 Å². The van der Waals surface area contributed by atoms with E-state index in [1.807, 2.05) is 23.8 Å². The molecule has 0 radical (unpaired) electrons. The van der Waals surface area contributed by atoms with Gasteiger partial charge in [-0.25, -0.2) is 4.98 Å². The van der Waals surface area contributed by atoms with Gasteiger partial charge in [0.05, 0.1) is 6.10 Å². The number of aliphatic hydroxyl groups is 1. The molecule has 23 heavy (non-hydrogen) atoms. The van der Waals surface area contributed by atoms with Crippen LogP contribution < -0.4 is 5.32 Å². The number of nitrogens with one attached hydrogen (secondary N) is 2. The van der Waals surface area contributed by atoms with Crippen LogP contribution in [0.1, 0.15) is 27.8 Å². The Morgan fingerprint density at radius 3 is 2.74 bits per heavy atom. The molecule has 1 unspecified atom stereocenters. The Bertz CT molecular complexity index is 781. The van der Waals surface area contributed by atoms with Crippen molar-refractivity contribution in [3.05, 3.63) is 58.0 Å². The van der Waals surface area contributed by atoms with Crippen molar-refractivity contribution in [1.82, 2.24) is 20.5 Å². The van der Waals surface area contributed by atoms with E-state index in [1.54, 1.807) is 24.3 Å². The summed E-state index contributed by atoms with van der Waals surface area (Å²) in [6, 6.07) is 8.87. The van der Waals surface area contributed by atoms with Gasteiger partial charge in [0.25, 0.3) is 5.91 Å². The molecule has 3 aromatic rings. The zero-order chi connectivity index (χ0) is 16.2. The van der Waals surface area contributed by atoms with Crippen LogP contribution in [0.5, 0.6) is 0 Å². The number of aromatic amines is 1. The molecule has 0 bridgehead atoms. The van der Waals surface area contributed by atoms with Crippen molar-refractivity contribution in [2.24, 2.45) is 0 Å². The predicted octanol–water partition coefficient (Wildman–Crippen LogP) is 2.31. The third kappa shape index (κ3) is 3.64. The smallest absolute Gasteiger partial charge is 0.251 e. The first-order valence-corrected chi connectivity index (χ1v) is 8.05. The summed E-state index contributed by atoms with van der Waals surface area (Å²) in [5.74, 6) is 1.11. The van der Waals surface area contributed by atoms with Gasteiger partial charge in [-0.2, -0.15) is 16.4 Å². The summed E-state index contributed by atoms with van der Waals surface area (Å²) < 4.78 is 0. The van der Waals surface area contributed by atoms with Gasteiger partial charge in [0, 0.05) is 17.7 Å². The van der Waals surface area contributed by atoms with Crippen LogP contribution in [-0.4, -0.2) is 32.7 Å². The van der Waals surface area contributed by atoms with Crippen molar-refractivity contribution in [3.8, 4) is 11.4 Å². The second-order valence-corrected chi connectivity index (χ2v) is 5.88. The highest BCUT2D eigenvalue weighted by molar-refractivity contribution is 7.07. The maximum atomic E-state index is 12.1. The van der Waals surface area contributed by atoms with Gasteiger partial charge in [-0.05, 0) is 41.4 Å². The second kappa shape index (κ2) is 6.72. The summed E-state index contributed by atoms with van der Waals surface area (Å²) in [5, 5.41) is 23.3. The molecule has 0 saturated heterocycles. The average Bonchev–Trinajstić information content (AvgIpc) is 3.24. The van der Waals surface area contributed by atoms with Gasteiger partial charge in [0.1, 0.15) is 5.82 Å². The Labute approximate surface area is 137 Å². The Kier molecular flexibility index (Phi) is 4.50. The molecule has 0 saturated carbocycles. The van der Waals surface area contributed by atoms with Gasteiger partial charge in [-0.3, -0.25) is 9.89 Å². The Balaban J connectivity index is 1.61. The van der Waals surface area contributed by atoms with E-state index in [1.165, 1.54) is 11.3 Å². The number of benzene rings is 1. The zero-order valence-corrected chi connectivity index (χ0v) is 13.3. The van der Waals surface area contributed by atoms with Crippen LogP contribution in [0.25, 0.3) is 11.4 Å². The molecule has 0 aliphatic rings. The monoisotopic (exact) mass is 328 g/mol. The Morgan fingerprint density at radius 2 is 2.13 bits per heavy atom. The van der Waals surface area contributed by atoms with Crippen LogP contribution in [0.2, 0.25) is 0 Å². The molecule has 0 aliphatic carbocycles. The van der Waals surface area contributed by atoms with Crippen LogP contribution in [0, 0.1) is 6.92 Å². The molecule has 0 fully saturated rings. The highest BCUT2D eigenvalue weighted by atomic mass is 32.1. The van der Waals surface area contributed by atoms with Crippen molar-refractivity contribution >= 4 is 17.2 Å². The lowest BCUT2D eigenvalue weighted by molar-refractivity contribution is 0.0916. The van der Waals surface area contributed by atoms with Gasteiger partial charge < -0.3 is 10.4 Å². The van der Waals surface area contributed by atoms with Crippen LogP contribution in [-0.2, 0) is 0 Å². The average molecular weight is 328 g/mol. The van der Waals surface area contributed by atoms with E-state index in [2.05, 4.69) is 20.5 Å². The molecule has 2 aromatic heterocycles. The third-order valence-corrected chi connectivity index (χ3v) is 4.09. The number of carbonyl (C=O) groups excluding carboxylic acids is 1. The first-order valence-electron chi connectivity index (χ1n) is 7.11. The summed E-state index contributed by atoms with van der Waals surface area (Å²) in [7, 11) is 0. The first kappa shape index (κ1) is 15.4. The number of hydrogen-bond donors (Lipinski definition) is 3. The van der Waals surface area contributed by atoms with Crippen molar-refractivity contribution in [1.29, 1.82) is 0 Å². The van der Waals surface area contributed by atoms with E-state index in [4.69, 9.17) is 0 Å². The van der Waals surface area contributed by atoms with Gasteiger partial charge in [-0.1, -0.05) is 12.1 Å². The fourth-order valence-electron chi connectivity index (χ4n) is 2.12. The molecule has 6 nitrogen and oxygen atoms in total. The number of H-pyrrole nitrogens is 1. The van der Waals surface area contributed by atoms with E-state index in [9.17, 15) is 9.90 Å². The second-order valence-electron chi connectivity index (χ2n) is 5.10. The van der Waals surface area contributed by atoms with Crippen LogP contribution in [0.3, 0.4) is 0 Å². The standard InChI is InChI=1S/C16H16N4O2S/c1-10-18-15(20-19-10)11-2-4-12(5-3-11)16(22)17-8-14(21)13-6-7-23-9-13/h2-7,9,14,21H,8H2,1H3,(H,17,22)(H,18,19,20). The number of thiophene rings is 1. The summed E-state index contributed by atoms with van der Waals surface area (Å²) in [6.45, 7) is 2.01. The summed E-state index contributed by atoms with van der Waals surface area (Å²) in [4.78, 5) is 16.4. The molecular weight excluding hydrogens is 312 g/mol. The van der Waals surface area contributed by atoms with Crippen molar-refractivity contribution in [2.75, 3.05) is 6.54 Å². The topological polar surface area (TPSA) is 90.9 Å². The molecule has 0 spiro atoms. The minimum Gasteiger partial charge on any atom is -0.387 e. The zero-order valence-electron chi connectivity index (χ0n) is 12.5. The SMILES string of the molecule is Cc1nc(-c2ccc(C(=O)NCC(O)c3ccsc3)cc2)n[nH]1. The van der Waals surface area contributed by atoms with Gasteiger partial charge in [0.2, 0.25) is 0 Å². The summed E-state index contributed by atoms with van der Waals surface area (Å²) >= 11 is 1.51. The van der Waals surface area contributed by atoms with Gasteiger partial charge >= 0.3 is 0 Å². The third-order valence-electron chi connectivity index (χ3n) is 3.39. The summed E-state index contributed by atoms with van der Waals surface area (Å²) in [5.41, 5.74) is 2.17. The first-order chi connectivity index (χ1) is 11.1. The van der Waals surface area contributed by atoms with Crippen LogP contribution >= 0.6 is 11.3 Å². The number of hydrogen-bond acceptors (Lipinski definition) is 5. The normalized spacial score (nSPS) is 12.1. The molecule has 1 atom stereocenters. The maximum Gasteiger partial charge on any atom is 0.251 e. The molecule has 2 heterocycles. The van der Waals surface area contributed by atoms with Crippen LogP contribution in [0.4, 0.5) is 0 Å². The Hall–Kier alpha value is -2.51. The molecule has 0 aliphatic heterocycles. The highest BCUT2D eigenvalue weighted by Crippen LogP contribution is 2.17. The van der Waals surface area contributed by atoms with E-state index < -0.39 is 6.10 Å². The molecule has 3 N–H and O–H groups in total. The predicted molar refractivity (Wildman–Crippen MR) is 88.2 cm³/mol. The number of rotatable bonds is 5. The molecule has 1 amide bonds. The van der Waals surface area contributed by atoms with E-state index in [0.717, 1.165) is 17.0 Å². The fraction of sp³-hybridized carbons (Fsp3) is 0.188. The fourth-order valence-corrected chi connectivity index (χ4v) is 2.82. The lowest BCUT2D eigenvalue weighted by Gasteiger charge is -2.10. The van der Waals surface area contributed by atoms with Crippen molar-refractivity contribution in [2.45, 2.75) is 13.0 Å². The quantitative estimate of drug-likeness (QED) is 0.670. The van der Waals surface area contributed by atoms with Crippen LogP contribution in [0.15, 0.2) is 41.1 Å². The van der Waals surface area contributed by atoms with Gasteiger partial charge in [0.15, 0.2) is 5.82 Å². The highest BCUT2D eigenvalue weighted by Gasteiger charge is 2.12. The van der Waals surface area contributed by atoms with E-state index in [-0.39, 0.29) is 12.5 Å². The molecular formula is C16H16N4O2S. The largest absolute Gasteiger partial charge is 0.387 e. The number of aliphatic hydroxyl groups excluding tert-OH is 1. The number of aromatic nitrogens is 3. The number of aryl methyl sites for hydroxylation is 1. The van der Waals surface area contributed by atoms with Crippen molar-refractivity contribution in [3.63, 3.8) is 0 Å². The molecule has 1 aromatic carbocycles. The minimum atomic E-state index is -0.694. The van der Waals surface area contributed by atoms with Gasteiger partial charge in [-0.15, -0.1) is 0 Å². The lowest BCUT2D eigenvalue weighted by Crippen LogP contribution is -2.28. The Morgan fingerprint density at radius 1 is 1.35 bits per heavy atom. The number of carbonyl (C=O) groups is 1. The maximum absolute atomic E-state index is 12.1. The molecule has 3 rings (SSSR count).